The molecule has 0 saturated carbocycles. The Kier molecular flexibility index (Phi) is 7.47. The first-order chi connectivity index (χ1) is 12.2. The van der Waals surface area contributed by atoms with E-state index in [4.69, 9.17) is 9.47 Å². The number of rotatable bonds is 9. The Morgan fingerprint density at radius 3 is 2.76 bits per heavy atom. The number of nitrogens with one attached hydrogen (secondary N) is 1. The number of esters is 1. The van der Waals surface area contributed by atoms with E-state index in [9.17, 15) is 9.59 Å². The predicted octanol–water partition coefficient (Wildman–Crippen LogP) is 4.75. The van der Waals surface area contributed by atoms with Crippen molar-refractivity contribution in [3.8, 4) is 5.75 Å². The van der Waals surface area contributed by atoms with E-state index in [2.05, 4.69) is 12.2 Å². The van der Waals surface area contributed by atoms with E-state index < -0.39 is 5.97 Å². The molecule has 6 heteroatoms. The maximum atomic E-state index is 12.5. The first kappa shape index (κ1) is 19.0. The van der Waals surface area contributed by atoms with Gasteiger partial charge in [0, 0.05) is 5.56 Å². The summed E-state index contributed by atoms with van der Waals surface area (Å²) in [4.78, 5) is 24.3. The second kappa shape index (κ2) is 9.84. The first-order valence-corrected chi connectivity index (χ1v) is 9.32. The molecule has 0 unspecified atom stereocenters. The van der Waals surface area contributed by atoms with Crippen LogP contribution < -0.4 is 10.1 Å². The molecule has 0 spiro atoms. The second-order valence-corrected chi connectivity index (χ2v) is 6.34. The molecular weight excluding hydrogens is 338 g/mol. The largest absolute Gasteiger partial charge is 0.494 e. The molecule has 1 aromatic carbocycles. The summed E-state index contributed by atoms with van der Waals surface area (Å²) in [5.74, 6) is -0.0559. The van der Waals surface area contributed by atoms with E-state index >= 15 is 0 Å². The summed E-state index contributed by atoms with van der Waals surface area (Å²) < 4.78 is 10.7. The summed E-state index contributed by atoms with van der Waals surface area (Å²) in [6, 6.07) is 8.68. The number of ether oxygens (including phenoxy) is 2. The molecule has 1 amide bonds. The van der Waals surface area contributed by atoms with Crippen LogP contribution in [0.2, 0.25) is 0 Å². The summed E-state index contributed by atoms with van der Waals surface area (Å²) in [6.07, 6.45) is 3.25. The lowest BCUT2D eigenvalue weighted by atomic mass is 10.2. The van der Waals surface area contributed by atoms with Crippen LogP contribution in [0.5, 0.6) is 5.75 Å². The molecule has 1 N–H and O–H groups in total. The van der Waals surface area contributed by atoms with Crippen molar-refractivity contribution in [3.05, 3.63) is 46.8 Å². The highest BCUT2D eigenvalue weighted by molar-refractivity contribution is 7.14. The molecule has 2 rings (SSSR count). The molecule has 0 aliphatic carbocycles. The van der Waals surface area contributed by atoms with Crippen LogP contribution in [0.25, 0.3) is 0 Å². The third kappa shape index (κ3) is 5.60. The van der Waals surface area contributed by atoms with E-state index in [-0.39, 0.29) is 5.91 Å². The third-order valence-corrected chi connectivity index (χ3v) is 4.33. The lowest BCUT2D eigenvalue weighted by Gasteiger charge is -2.09. The van der Waals surface area contributed by atoms with Gasteiger partial charge in [-0.15, -0.1) is 11.3 Å². The molecule has 0 fully saturated rings. The summed E-state index contributed by atoms with van der Waals surface area (Å²) in [6.45, 7) is 4.81. The number of carbonyl (C=O) groups excluding carboxylic acids is 2. The standard InChI is InChI=1S/C19H23NO4S/c1-3-5-6-11-24-15-9-7-8-14(13-15)17(21)20-18-16(10-12-25-18)19(22)23-4-2/h7-10,12-13H,3-6,11H2,1-2H3,(H,20,21). The van der Waals surface area contributed by atoms with Crippen molar-refractivity contribution in [3.63, 3.8) is 0 Å². The van der Waals surface area contributed by atoms with Gasteiger partial charge in [0.1, 0.15) is 10.8 Å². The molecule has 25 heavy (non-hydrogen) atoms. The second-order valence-electron chi connectivity index (χ2n) is 5.42. The van der Waals surface area contributed by atoms with Gasteiger partial charge in [0.15, 0.2) is 0 Å². The van der Waals surface area contributed by atoms with Crippen LogP contribution in [0.15, 0.2) is 35.7 Å². The van der Waals surface area contributed by atoms with Crippen LogP contribution >= 0.6 is 11.3 Å². The van der Waals surface area contributed by atoms with Crippen LogP contribution in [0, 0.1) is 0 Å². The number of unbranched alkanes of at least 4 members (excludes halogenated alkanes) is 2. The van der Waals surface area contributed by atoms with Crippen LogP contribution in [-0.4, -0.2) is 25.1 Å². The Morgan fingerprint density at radius 1 is 1.16 bits per heavy atom. The number of benzene rings is 1. The highest BCUT2D eigenvalue weighted by Gasteiger charge is 2.17. The van der Waals surface area contributed by atoms with E-state index in [1.54, 1.807) is 36.6 Å². The topological polar surface area (TPSA) is 64.6 Å². The van der Waals surface area contributed by atoms with Crippen molar-refractivity contribution < 1.29 is 19.1 Å². The van der Waals surface area contributed by atoms with Gasteiger partial charge in [-0.05, 0) is 43.0 Å². The summed E-state index contributed by atoms with van der Waals surface area (Å²) in [5, 5.41) is 5.00. The Balaban J connectivity index is 2.02. The molecule has 0 aliphatic rings. The molecular formula is C19H23NO4S. The molecule has 1 aromatic heterocycles. The van der Waals surface area contributed by atoms with Gasteiger partial charge < -0.3 is 14.8 Å². The van der Waals surface area contributed by atoms with Gasteiger partial charge in [-0.2, -0.15) is 0 Å². The van der Waals surface area contributed by atoms with Crippen molar-refractivity contribution in [2.75, 3.05) is 18.5 Å². The third-order valence-electron chi connectivity index (χ3n) is 3.50. The van der Waals surface area contributed by atoms with Gasteiger partial charge in [0.05, 0.1) is 18.8 Å². The lowest BCUT2D eigenvalue weighted by molar-refractivity contribution is 0.0528. The van der Waals surface area contributed by atoms with Gasteiger partial charge in [0.25, 0.3) is 5.91 Å². The van der Waals surface area contributed by atoms with E-state index in [0.717, 1.165) is 19.3 Å². The summed E-state index contributed by atoms with van der Waals surface area (Å²) in [7, 11) is 0. The monoisotopic (exact) mass is 361 g/mol. The first-order valence-electron chi connectivity index (χ1n) is 8.44. The molecule has 0 saturated heterocycles. The van der Waals surface area contributed by atoms with Crippen molar-refractivity contribution >= 4 is 28.2 Å². The van der Waals surface area contributed by atoms with E-state index in [0.29, 0.717) is 35.1 Å². The molecule has 5 nitrogen and oxygen atoms in total. The smallest absolute Gasteiger partial charge is 0.341 e. The molecule has 0 aliphatic heterocycles. The van der Waals surface area contributed by atoms with Crippen LogP contribution in [-0.2, 0) is 4.74 Å². The fraction of sp³-hybridized carbons (Fsp3) is 0.368. The average molecular weight is 361 g/mol. The summed E-state index contributed by atoms with van der Waals surface area (Å²) >= 11 is 1.29. The van der Waals surface area contributed by atoms with E-state index in [1.165, 1.54) is 11.3 Å². The highest BCUT2D eigenvalue weighted by Crippen LogP contribution is 2.25. The fourth-order valence-corrected chi connectivity index (χ4v) is 2.99. The molecule has 134 valence electrons. The van der Waals surface area contributed by atoms with Crippen molar-refractivity contribution in [1.82, 2.24) is 0 Å². The number of thiophene rings is 1. The predicted molar refractivity (Wildman–Crippen MR) is 99.7 cm³/mol. The SMILES string of the molecule is CCCCCOc1cccc(C(=O)Nc2sccc2C(=O)OCC)c1. The Hall–Kier alpha value is -2.34. The zero-order valence-corrected chi connectivity index (χ0v) is 15.4. The van der Waals surface area contributed by atoms with Crippen LogP contribution in [0.3, 0.4) is 0 Å². The number of carbonyl (C=O) groups is 2. The highest BCUT2D eigenvalue weighted by atomic mass is 32.1. The fourth-order valence-electron chi connectivity index (χ4n) is 2.22. The number of hydrogen-bond acceptors (Lipinski definition) is 5. The molecule has 0 atom stereocenters. The molecule has 2 aromatic rings. The summed E-state index contributed by atoms with van der Waals surface area (Å²) in [5.41, 5.74) is 0.850. The maximum absolute atomic E-state index is 12.5. The zero-order valence-electron chi connectivity index (χ0n) is 14.5. The van der Waals surface area contributed by atoms with Gasteiger partial charge in [-0.1, -0.05) is 25.8 Å². The van der Waals surface area contributed by atoms with Crippen molar-refractivity contribution in [2.24, 2.45) is 0 Å². The quantitative estimate of drug-likeness (QED) is 0.517. The lowest BCUT2D eigenvalue weighted by Crippen LogP contribution is -2.14. The number of amides is 1. The number of hydrogen-bond donors (Lipinski definition) is 1. The Morgan fingerprint density at radius 2 is 2.00 bits per heavy atom. The van der Waals surface area contributed by atoms with E-state index in [1.807, 2.05) is 6.07 Å². The van der Waals surface area contributed by atoms with Crippen molar-refractivity contribution in [2.45, 2.75) is 33.1 Å². The molecule has 0 bridgehead atoms. The minimum atomic E-state index is -0.438. The van der Waals surface area contributed by atoms with Gasteiger partial charge in [-0.3, -0.25) is 4.79 Å². The van der Waals surface area contributed by atoms with Crippen LogP contribution in [0.4, 0.5) is 5.00 Å². The minimum absolute atomic E-state index is 0.285. The Bertz CT molecular complexity index is 711. The molecule has 0 radical (unpaired) electrons. The van der Waals surface area contributed by atoms with Gasteiger partial charge >= 0.3 is 5.97 Å². The van der Waals surface area contributed by atoms with Gasteiger partial charge in [-0.25, -0.2) is 4.79 Å². The molecule has 1 heterocycles. The maximum Gasteiger partial charge on any atom is 0.341 e. The normalized spacial score (nSPS) is 10.3. The zero-order chi connectivity index (χ0) is 18.1. The van der Waals surface area contributed by atoms with Crippen molar-refractivity contribution in [1.29, 1.82) is 0 Å². The minimum Gasteiger partial charge on any atom is -0.494 e. The number of anilines is 1. The average Bonchev–Trinajstić information content (AvgIpc) is 3.07. The van der Waals surface area contributed by atoms with Crippen LogP contribution in [0.1, 0.15) is 53.8 Å². The van der Waals surface area contributed by atoms with Gasteiger partial charge in [0.2, 0.25) is 0 Å². The Labute approximate surface area is 152 Å².